The van der Waals surface area contributed by atoms with Crippen molar-refractivity contribution in [2.24, 2.45) is 11.0 Å². The van der Waals surface area contributed by atoms with Crippen LogP contribution in [0.25, 0.3) is 0 Å². The Morgan fingerprint density at radius 3 is 1.20 bits per heavy atom. The molecule has 0 radical (unpaired) electrons. The first-order valence-corrected chi connectivity index (χ1v) is 2.87. The van der Waals surface area contributed by atoms with E-state index in [1.165, 1.54) is 0 Å². The molecule has 0 aromatic heterocycles. The molecule has 0 aromatic rings. The molecule has 2 nitrogen and oxygen atoms in total. The Hall–Kier alpha value is 0.210. The molecule has 0 aromatic carbocycles. The van der Waals surface area contributed by atoms with Crippen LogP contribution in [0, 0.1) is 0 Å². The van der Waals surface area contributed by atoms with Crippen LogP contribution in [0.15, 0.2) is 0 Å². The van der Waals surface area contributed by atoms with Gasteiger partial charge in [-0.3, -0.25) is 0 Å². The van der Waals surface area contributed by atoms with Gasteiger partial charge in [-0.05, 0) is 0 Å². The molecule has 0 spiro atoms. The Kier molecular flexibility index (Phi) is 1.17. The van der Waals surface area contributed by atoms with Gasteiger partial charge in [-0.15, -0.1) is 0 Å². The average molecular weight is 102 g/mol. The van der Waals surface area contributed by atoms with E-state index in [-0.39, 0.29) is 0 Å². The van der Waals surface area contributed by atoms with Crippen LogP contribution >= 0.6 is 8.19 Å². The van der Waals surface area contributed by atoms with E-state index in [0.717, 1.165) is 0 Å². The fraction of sp³-hybridized carbons (Fsp3) is 0. The zero-order chi connectivity index (χ0) is 4.50. The van der Waals surface area contributed by atoms with E-state index in [1.54, 1.807) is 0 Å². The van der Waals surface area contributed by atoms with Crippen molar-refractivity contribution in [3.63, 3.8) is 0 Å². The van der Waals surface area contributed by atoms with Crippen LogP contribution in [0.2, 0.25) is 0 Å². The van der Waals surface area contributed by atoms with Crippen LogP contribution in [0.5, 0.6) is 0 Å². The van der Waals surface area contributed by atoms with E-state index in [4.69, 9.17) is 0 Å². The van der Waals surface area contributed by atoms with Crippen molar-refractivity contribution in [2.75, 3.05) is 0 Å². The molecule has 0 aliphatic heterocycles. The zero-order valence-electron chi connectivity index (χ0n) is 2.41. The van der Waals surface area contributed by atoms with E-state index >= 15 is 0 Å². The Morgan fingerprint density at radius 2 is 1.20 bits per heavy atom. The summed E-state index contributed by atoms with van der Waals surface area (Å²) in [6, 6.07) is 0. The molecular weight excluding hydrogens is 97.0 g/mol. The summed E-state index contributed by atoms with van der Waals surface area (Å²) < 4.78 is 21.4. The second kappa shape index (κ2) is 1.12. The molecule has 34 valence electrons. The molecule has 0 bridgehead atoms. The Labute approximate surface area is 28.8 Å². The number of nitrogens with two attached hydrogens (primary N) is 2. The SMILES string of the molecule is N[PH](N)(F)F. The first kappa shape index (κ1) is 5.21. The van der Waals surface area contributed by atoms with Crippen LogP contribution in [-0.4, -0.2) is 0 Å². The first-order valence-electron chi connectivity index (χ1n) is 0.955. The minimum atomic E-state index is -4.61. The molecule has 0 saturated heterocycles. The third-order valence-electron chi connectivity index (χ3n) is 0. The maximum absolute atomic E-state index is 10.7. The summed E-state index contributed by atoms with van der Waals surface area (Å²) in [5.74, 6) is 0. The standard InChI is InChI=1S/F2H5N2P/c1-5(2,3)4/h5H,3-4H2. The molecular formula is H5F2N2P. The normalized spacial score (nSPS) is 15.2. The Balaban J connectivity index is 3.02. The van der Waals surface area contributed by atoms with Crippen LogP contribution in [0.3, 0.4) is 0 Å². The van der Waals surface area contributed by atoms with Gasteiger partial charge >= 0.3 is 27.6 Å². The predicted molar refractivity (Wildman–Crippen MR) is 18.9 cm³/mol. The van der Waals surface area contributed by atoms with E-state index in [0.29, 0.717) is 0 Å². The van der Waals surface area contributed by atoms with Crippen LogP contribution < -0.4 is 11.0 Å². The number of halogens is 2. The quantitative estimate of drug-likeness (QED) is 0.431. The minimum absolute atomic E-state index is 3.94. The second-order valence-corrected chi connectivity index (χ2v) is 2.02. The third-order valence-corrected chi connectivity index (χ3v) is 0. The van der Waals surface area contributed by atoms with Crippen molar-refractivity contribution >= 4 is 8.19 Å². The van der Waals surface area contributed by atoms with Gasteiger partial charge in [0.25, 0.3) is 0 Å². The molecule has 4 N–H and O–H groups in total. The van der Waals surface area contributed by atoms with E-state index in [1.807, 2.05) is 0 Å². The van der Waals surface area contributed by atoms with Gasteiger partial charge in [-0.1, -0.05) is 0 Å². The monoisotopic (exact) mass is 102 g/mol. The molecule has 0 aliphatic rings. The van der Waals surface area contributed by atoms with Crippen LogP contribution in [0.4, 0.5) is 8.39 Å². The summed E-state index contributed by atoms with van der Waals surface area (Å²) in [6.07, 6.45) is 0. The molecule has 0 fully saturated rings. The zero-order valence-corrected chi connectivity index (χ0v) is 3.41. The number of rotatable bonds is 0. The van der Waals surface area contributed by atoms with Crippen LogP contribution in [-0.2, 0) is 0 Å². The maximum atomic E-state index is 10.7. The average Bonchev–Trinajstić information content (AvgIpc) is 0.722. The molecule has 0 rings (SSSR count). The molecule has 0 atom stereocenters. The number of hydrogen-bond donors (Lipinski definition) is 2. The van der Waals surface area contributed by atoms with Gasteiger partial charge in [0.2, 0.25) is 0 Å². The summed E-state index contributed by atoms with van der Waals surface area (Å²) in [7, 11) is -4.61. The van der Waals surface area contributed by atoms with Crippen molar-refractivity contribution in [2.45, 2.75) is 0 Å². The Morgan fingerprint density at radius 1 is 1.20 bits per heavy atom. The summed E-state index contributed by atoms with van der Waals surface area (Å²) in [6.45, 7) is 0. The third kappa shape index (κ3) is 466. The van der Waals surface area contributed by atoms with Crippen molar-refractivity contribution in [1.29, 1.82) is 0 Å². The predicted octanol–water partition coefficient (Wildman–Crippen LogP) is 0.253. The van der Waals surface area contributed by atoms with E-state index in [9.17, 15) is 8.39 Å². The van der Waals surface area contributed by atoms with Gasteiger partial charge < -0.3 is 0 Å². The summed E-state index contributed by atoms with van der Waals surface area (Å²) in [4.78, 5) is 0. The van der Waals surface area contributed by atoms with Crippen molar-refractivity contribution in [3.8, 4) is 0 Å². The van der Waals surface area contributed by atoms with Gasteiger partial charge in [0.15, 0.2) is 0 Å². The van der Waals surface area contributed by atoms with Crippen molar-refractivity contribution in [1.82, 2.24) is 0 Å². The fourth-order valence-electron chi connectivity index (χ4n) is 0. The molecule has 5 heteroatoms. The van der Waals surface area contributed by atoms with Gasteiger partial charge in [0.1, 0.15) is 0 Å². The van der Waals surface area contributed by atoms with Gasteiger partial charge in [0.05, 0.1) is 0 Å². The molecule has 5 heavy (non-hydrogen) atoms. The van der Waals surface area contributed by atoms with Gasteiger partial charge in [-0.25, -0.2) is 0 Å². The van der Waals surface area contributed by atoms with Gasteiger partial charge in [-0.2, -0.15) is 0 Å². The van der Waals surface area contributed by atoms with Crippen LogP contribution in [0.1, 0.15) is 0 Å². The molecule has 0 heterocycles. The van der Waals surface area contributed by atoms with E-state index in [2.05, 4.69) is 11.0 Å². The fourth-order valence-corrected chi connectivity index (χ4v) is 0. The molecule has 0 saturated carbocycles. The second-order valence-electron chi connectivity index (χ2n) is 0.675. The molecule has 0 aliphatic carbocycles. The molecule has 0 unspecified atom stereocenters. The topological polar surface area (TPSA) is 52.0 Å². The van der Waals surface area contributed by atoms with Crippen molar-refractivity contribution in [3.05, 3.63) is 0 Å². The van der Waals surface area contributed by atoms with Crippen molar-refractivity contribution < 1.29 is 8.39 Å². The van der Waals surface area contributed by atoms with E-state index < -0.39 is 8.19 Å². The Bertz CT molecular complexity index is 23.1. The summed E-state index contributed by atoms with van der Waals surface area (Å²) in [5, 5.41) is 0. The summed E-state index contributed by atoms with van der Waals surface area (Å²) in [5.41, 5.74) is 7.88. The molecule has 0 amide bonds. The first-order chi connectivity index (χ1) is 2.00. The number of hydrogen-bond acceptors (Lipinski definition) is 2. The summed E-state index contributed by atoms with van der Waals surface area (Å²) >= 11 is 0. The van der Waals surface area contributed by atoms with Gasteiger partial charge in [0, 0.05) is 0 Å².